The number of carbonyl (C=O) groups is 2. The zero-order chi connectivity index (χ0) is 19.1. The Balaban J connectivity index is 1.92. The summed E-state index contributed by atoms with van der Waals surface area (Å²) in [6.07, 6.45) is 0. The molecule has 0 heterocycles. The Hall–Kier alpha value is -2.73. The number of methoxy groups -OCH3 is 2. The fraction of sp³-hybridized carbons (Fsp3) is 0.263. The molecule has 0 spiro atoms. The molecule has 0 aliphatic rings. The van der Waals surface area contributed by atoms with E-state index in [1.807, 2.05) is 12.1 Å². The molecule has 2 amide bonds. The second-order valence-electron chi connectivity index (χ2n) is 5.63. The van der Waals surface area contributed by atoms with E-state index in [-0.39, 0.29) is 18.4 Å². The molecule has 26 heavy (non-hydrogen) atoms. The van der Waals surface area contributed by atoms with Gasteiger partial charge in [-0.3, -0.25) is 9.59 Å². The van der Waals surface area contributed by atoms with Gasteiger partial charge in [-0.15, -0.1) is 0 Å². The van der Waals surface area contributed by atoms with Gasteiger partial charge in [-0.25, -0.2) is 0 Å². The average Bonchev–Trinajstić information content (AvgIpc) is 2.65. The van der Waals surface area contributed by atoms with Crippen LogP contribution in [0.15, 0.2) is 42.5 Å². The largest absolute Gasteiger partial charge is 0.493 e. The number of rotatable bonds is 7. The number of hydrogen-bond acceptors (Lipinski definition) is 4. The molecule has 7 heteroatoms. The first kappa shape index (κ1) is 19.6. The van der Waals surface area contributed by atoms with Gasteiger partial charge in [-0.2, -0.15) is 0 Å². The highest BCUT2D eigenvalue weighted by Gasteiger charge is 2.13. The van der Waals surface area contributed by atoms with Gasteiger partial charge in [-0.1, -0.05) is 23.7 Å². The van der Waals surface area contributed by atoms with Crippen molar-refractivity contribution in [3.8, 4) is 11.5 Å². The molecule has 2 rings (SSSR count). The highest BCUT2D eigenvalue weighted by molar-refractivity contribution is 6.30. The predicted molar refractivity (Wildman–Crippen MR) is 99.8 cm³/mol. The summed E-state index contributed by atoms with van der Waals surface area (Å²) in [5, 5.41) is 3.07. The van der Waals surface area contributed by atoms with Gasteiger partial charge >= 0.3 is 0 Å². The number of amides is 2. The Morgan fingerprint density at radius 2 is 1.81 bits per heavy atom. The first-order valence-corrected chi connectivity index (χ1v) is 8.31. The Labute approximate surface area is 157 Å². The van der Waals surface area contributed by atoms with Crippen LogP contribution in [0.25, 0.3) is 0 Å². The standard InChI is InChI=1S/C19H21ClN2O4/c1-22(12-13-7-8-16(25-2)17(9-13)26-3)18(23)11-21-19(24)14-5-4-6-15(20)10-14/h4-10H,11-12H2,1-3H3,(H,21,24). The average molecular weight is 377 g/mol. The van der Waals surface area contributed by atoms with Gasteiger partial charge in [0.05, 0.1) is 20.8 Å². The van der Waals surface area contributed by atoms with Crippen molar-refractivity contribution in [2.75, 3.05) is 27.8 Å². The van der Waals surface area contributed by atoms with E-state index < -0.39 is 0 Å². The minimum atomic E-state index is -0.347. The third-order valence-electron chi connectivity index (χ3n) is 3.78. The van der Waals surface area contributed by atoms with Gasteiger partial charge in [0.25, 0.3) is 5.91 Å². The third kappa shape index (κ3) is 5.13. The number of hydrogen-bond donors (Lipinski definition) is 1. The van der Waals surface area contributed by atoms with Crippen LogP contribution in [0.3, 0.4) is 0 Å². The molecule has 6 nitrogen and oxygen atoms in total. The molecule has 0 bridgehead atoms. The molecule has 138 valence electrons. The smallest absolute Gasteiger partial charge is 0.251 e. The minimum Gasteiger partial charge on any atom is -0.493 e. The van der Waals surface area contributed by atoms with Crippen molar-refractivity contribution in [2.45, 2.75) is 6.54 Å². The molecular formula is C19H21ClN2O4. The van der Waals surface area contributed by atoms with Crippen molar-refractivity contribution >= 4 is 23.4 Å². The van der Waals surface area contributed by atoms with Crippen molar-refractivity contribution in [1.29, 1.82) is 0 Å². The lowest BCUT2D eigenvalue weighted by molar-refractivity contribution is -0.129. The lowest BCUT2D eigenvalue weighted by Crippen LogP contribution is -2.37. The van der Waals surface area contributed by atoms with Gasteiger partial charge in [0.1, 0.15) is 0 Å². The van der Waals surface area contributed by atoms with E-state index in [1.54, 1.807) is 51.6 Å². The van der Waals surface area contributed by atoms with E-state index in [0.29, 0.717) is 28.6 Å². The summed E-state index contributed by atoms with van der Waals surface area (Å²) < 4.78 is 10.5. The number of carbonyl (C=O) groups excluding carboxylic acids is 2. The van der Waals surface area contributed by atoms with Gasteiger partial charge in [0.15, 0.2) is 11.5 Å². The van der Waals surface area contributed by atoms with Crippen LogP contribution in [0.2, 0.25) is 5.02 Å². The van der Waals surface area contributed by atoms with E-state index in [2.05, 4.69) is 5.32 Å². The molecule has 0 saturated heterocycles. The summed E-state index contributed by atoms with van der Waals surface area (Å²) >= 11 is 5.86. The summed E-state index contributed by atoms with van der Waals surface area (Å²) in [4.78, 5) is 25.8. The van der Waals surface area contributed by atoms with Crippen LogP contribution in [0.5, 0.6) is 11.5 Å². The molecular weight excluding hydrogens is 356 g/mol. The maximum atomic E-state index is 12.3. The lowest BCUT2D eigenvalue weighted by Gasteiger charge is -2.18. The van der Waals surface area contributed by atoms with Crippen molar-refractivity contribution in [1.82, 2.24) is 10.2 Å². The van der Waals surface area contributed by atoms with Gasteiger partial charge in [0.2, 0.25) is 5.91 Å². The maximum absolute atomic E-state index is 12.3. The zero-order valence-electron chi connectivity index (χ0n) is 14.9. The molecule has 0 aliphatic heterocycles. The van der Waals surface area contributed by atoms with Gasteiger partial charge < -0.3 is 19.7 Å². The molecule has 0 aromatic heterocycles. The number of nitrogens with zero attached hydrogens (tertiary/aromatic N) is 1. The number of likely N-dealkylation sites (N-methyl/N-ethyl adjacent to an activating group) is 1. The summed E-state index contributed by atoms with van der Waals surface area (Å²) in [5.74, 6) is 0.662. The molecule has 1 N–H and O–H groups in total. The van der Waals surface area contributed by atoms with Crippen LogP contribution in [-0.4, -0.2) is 44.5 Å². The monoisotopic (exact) mass is 376 g/mol. The van der Waals surface area contributed by atoms with Crippen LogP contribution < -0.4 is 14.8 Å². The van der Waals surface area contributed by atoms with Crippen LogP contribution in [-0.2, 0) is 11.3 Å². The fourth-order valence-corrected chi connectivity index (χ4v) is 2.55. The van der Waals surface area contributed by atoms with Crippen molar-refractivity contribution in [3.63, 3.8) is 0 Å². The summed E-state index contributed by atoms with van der Waals surface area (Å²) in [6, 6.07) is 12.0. The van der Waals surface area contributed by atoms with E-state index in [9.17, 15) is 9.59 Å². The second kappa shape index (κ2) is 9.10. The van der Waals surface area contributed by atoms with Gasteiger partial charge in [0, 0.05) is 24.2 Å². The molecule has 2 aromatic rings. The SMILES string of the molecule is COc1ccc(CN(C)C(=O)CNC(=O)c2cccc(Cl)c2)cc1OC. The van der Waals surface area contributed by atoms with Crippen LogP contribution >= 0.6 is 11.6 Å². The van der Waals surface area contributed by atoms with E-state index in [4.69, 9.17) is 21.1 Å². The number of nitrogens with one attached hydrogen (secondary N) is 1. The first-order valence-electron chi connectivity index (χ1n) is 7.93. The Bertz CT molecular complexity index is 795. The van der Waals surface area contributed by atoms with Crippen LogP contribution in [0.4, 0.5) is 0 Å². The van der Waals surface area contributed by atoms with Crippen molar-refractivity contribution in [2.24, 2.45) is 0 Å². The number of ether oxygens (including phenoxy) is 2. The molecule has 0 unspecified atom stereocenters. The molecule has 0 atom stereocenters. The lowest BCUT2D eigenvalue weighted by atomic mass is 10.2. The number of benzene rings is 2. The predicted octanol–water partition coefficient (Wildman–Crippen LogP) is 2.75. The minimum absolute atomic E-state index is 0.102. The molecule has 0 aliphatic carbocycles. The Kier molecular flexibility index (Phi) is 6.86. The third-order valence-corrected chi connectivity index (χ3v) is 4.02. The summed E-state index contributed by atoms with van der Waals surface area (Å²) in [5.41, 5.74) is 1.30. The highest BCUT2D eigenvalue weighted by atomic mass is 35.5. The Morgan fingerprint density at radius 3 is 2.46 bits per heavy atom. The van der Waals surface area contributed by atoms with E-state index >= 15 is 0 Å². The highest BCUT2D eigenvalue weighted by Crippen LogP contribution is 2.27. The van der Waals surface area contributed by atoms with Crippen LogP contribution in [0.1, 0.15) is 15.9 Å². The maximum Gasteiger partial charge on any atom is 0.251 e. The summed E-state index contributed by atoms with van der Waals surface area (Å²) in [7, 11) is 4.79. The topological polar surface area (TPSA) is 67.9 Å². The zero-order valence-corrected chi connectivity index (χ0v) is 15.7. The van der Waals surface area contributed by atoms with Crippen LogP contribution in [0, 0.1) is 0 Å². The normalized spacial score (nSPS) is 10.2. The van der Waals surface area contributed by atoms with Gasteiger partial charge in [-0.05, 0) is 35.9 Å². The Morgan fingerprint density at radius 1 is 1.08 bits per heavy atom. The van der Waals surface area contributed by atoms with E-state index in [1.165, 1.54) is 4.90 Å². The fourth-order valence-electron chi connectivity index (χ4n) is 2.36. The molecule has 2 aromatic carbocycles. The molecule has 0 saturated carbocycles. The molecule has 0 radical (unpaired) electrons. The molecule has 0 fully saturated rings. The quantitative estimate of drug-likeness (QED) is 0.806. The first-order chi connectivity index (χ1) is 12.4. The van der Waals surface area contributed by atoms with Crippen molar-refractivity contribution < 1.29 is 19.1 Å². The second-order valence-corrected chi connectivity index (χ2v) is 6.07. The van der Waals surface area contributed by atoms with E-state index in [0.717, 1.165) is 5.56 Å². The van der Waals surface area contributed by atoms with Crippen molar-refractivity contribution in [3.05, 3.63) is 58.6 Å². The summed E-state index contributed by atoms with van der Waals surface area (Å²) in [6.45, 7) is 0.279. The number of halogens is 1.